The fourth-order valence-electron chi connectivity index (χ4n) is 7.75. The first-order valence-corrected chi connectivity index (χ1v) is 26.4. The number of aryl methyl sites for hydroxylation is 2. The van der Waals surface area contributed by atoms with Crippen molar-refractivity contribution in [2.45, 2.75) is 109 Å². The smallest absolute Gasteiger partial charge is 0.241 e. The lowest BCUT2D eigenvalue weighted by Gasteiger charge is -2.21. The molecule has 73 heavy (non-hydrogen) atoms. The third kappa shape index (κ3) is 14.7. The SMILES string of the molecule is Cc1ncc(CNc2ccc(-c3ccccc3S(=O)(=O)NC(C)(C)C)cc2)c(CO)c1O.[C-]#[N+]c1ccc(COc2c(C)ncc(CNc3ccc(-c4ccccc4S(=O)(=O)NC(C)(C)C)cc3)c2CO)cc1. The molecule has 2 aromatic heterocycles. The quantitative estimate of drug-likeness (QED) is 0.0424. The Morgan fingerprint density at radius 1 is 0.589 bits per heavy atom. The van der Waals surface area contributed by atoms with E-state index in [2.05, 4.69) is 34.9 Å². The van der Waals surface area contributed by atoms with Gasteiger partial charge in [0.1, 0.15) is 18.1 Å². The van der Waals surface area contributed by atoms with Gasteiger partial charge in [-0.1, -0.05) is 84.9 Å². The van der Waals surface area contributed by atoms with Gasteiger partial charge in [-0.15, -0.1) is 0 Å². The van der Waals surface area contributed by atoms with Gasteiger partial charge in [-0.3, -0.25) is 9.97 Å². The number of hydrogen-bond donors (Lipinski definition) is 7. The number of aliphatic hydroxyl groups is 2. The highest BCUT2D eigenvalue weighted by Crippen LogP contribution is 2.33. The van der Waals surface area contributed by atoms with Crippen molar-refractivity contribution >= 4 is 37.1 Å². The van der Waals surface area contributed by atoms with Gasteiger partial charge in [-0.25, -0.2) is 31.1 Å². The van der Waals surface area contributed by atoms with Crippen LogP contribution in [0.4, 0.5) is 17.1 Å². The number of pyridine rings is 2. The van der Waals surface area contributed by atoms with Crippen LogP contribution in [-0.4, -0.2) is 53.2 Å². The maximum atomic E-state index is 13.1. The van der Waals surface area contributed by atoms with Crippen LogP contribution in [0.5, 0.6) is 11.5 Å². The number of ether oxygens (including phenoxy) is 1. The molecule has 382 valence electrons. The van der Waals surface area contributed by atoms with Crippen molar-refractivity contribution in [1.29, 1.82) is 0 Å². The maximum Gasteiger partial charge on any atom is 0.241 e. The van der Waals surface area contributed by atoms with Gasteiger partial charge in [0.25, 0.3) is 0 Å². The van der Waals surface area contributed by atoms with Crippen molar-refractivity contribution < 1.29 is 36.9 Å². The average molecular weight is 1030 g/mol. The molecule has 5 aromatic carbocycles. The number of hydrogen-bond acceptors (Lipinski definition) is 12. The van der Waals surface area contributed by atoms with Crippen molar-refractivity contribution in [3.63, 3.8) is 0 Å². The van der Waals surface area contributed by atoms with E-state index in [0.29, 0.717) is 63.7 Å². The van der Waals surface area contributed by atoms with E-state index in [1.807, 2.05) is 100 Å². The number of nitrogens with one attached hydrogen (secondary N) is 4. The molecule has 7 N–H and O–H groups in total. The second kappa shape index (κ2) is 23.6. The Morgan fingerprint density at radius 2 is 1.01 bits per heavy atom. The van der Waals surface area contributed by atoms with Crippen LogP contribution in [0.15, 0.2) is 144 Å². The zero-order valence-corrected chi connectivity index (χ0v) is 43.9. The van der Waals surface area contributed by atoms with E-state index in [1.54, 1.807) is 88.6 Å². The molecule has 0 aliphatic heterocycles. The third-order valence-corrected chi connectivity index (χ3v) is 14.8. The molecule has 0 saturated carbocycles. The van der Waals surface area contributed by atoms with Crippen LogP contribution >= 0.6 is 0 Å². The lowest BCUT2D eigenvalue weighted by atomic mass is 10.0. The molecule has 0 aliphatic rings. The summed E-state index contributed by atoms with van der Waals surface area (Å²) in [5.41, 5.74) is 8.45. The Bertz CT molecular complexity index is 3290. The zero-order valence-electron chi connectivity index (χ0n) is 42.3. The molecule has 0 aliphatic carbocycles. The monoisotopic (exact) mass is 1030 g/mol. The number of aliphatic hydroxyl groups excluding tert-OH is 2. The summed E-state index contributed by atoms with van der Waals surface area (Å²) >= 11 is 0. The number of aromatic hydroxyl groups is 1. The van der Waals surface area contributed by atoms with Crippen LogP contribution in [0.3, 0.4) is 0 Å². The maximum absolute atomic E-state index is 13.1. The summed E-state index contributed by atoms with van der Waals surface area (Å²) in [6.07, 6.45) is 3.36. The number of sulfonamides is 2. The molecule has 0 bridgehead atoms. The molecular weight excluding hydrogens is 963 g/mol. The second-order valence-electron chi connectivity index (χ2n) is 19.3. The number of benzene rings is 5. The molecule has 2 heterocycles. The Morgan fingerprint density at radius 3 is 1.44 bits per heavy atom. The van der Waals surface area contributed by atoms with Crippen LogP contribution in [0.1, 0.15) is 80.7 Å². The second-order valence-corrected chi connectivity index (χ2v) is 22.6. The molecule has 0 fully saturated rings. The van der Waals surface area contributed by atoms with E-state index in [1.165, 1.54) is 0 Å². The van der Waals surface area contributed by atoms with Crippen LogP contribution in [0.2, 0.25) is 0 Å². The highest BCUT2D eigenvalue weighted by atomic mass is 32.2. The first-order valence-electron chi connectivity index (χ1n) is 23.4. The van der Waals surface area contributed by atoms with Gasteiger partial charge in [0, 0.05) is 70.2 Å². The fraction of sp³-hybridized carbons (Fsp3) is 0.268. The van der Waals surface area contributed by atoms with E-state index in [0.717, 1.165) is 33.6 Å². The summed E-state index contributed by atoms with van der Waals surface area (Å²) < 4.78 is 63.4. The summed E-state index contributed by atoms with van der Waals surface area (Å²) in [6.45, 7) is 22.0. The molecule has 0 saturated heterocycles. The topological polar surface area (TPSA) is 216 Å². The van der Waals surface area contributed by atoms with Crippen molar-refractivity contribution in [2.24, 2.45) is 0 Å². The zero-order chi connectivity index (χ0) is 53.1. The van der Waals surface area contributed by atoms with Gasteiger partial charge in [0.05, 0.1) is 41.0 Å². The molecule has 15 nitrogen and oxygen atoms in total. The lowest BCUT2D eigenvalue weighted by Crippen LogP contribution is -2.40. The fourth-order valence-corrected chi connectivity index (χ4v) is 11.1. The predicted octanol–water partition coefficient (Wildman–Crippen LogP) is 10.3. The molecule has 0 unspecified atom stereocenters. The molecular formula is C56H63N7O8S2. The number of anilines is 2. The molecule has 17 heteroatoms. The minimum Gasteiger partial charge on any atom is -0.506 e. The molecule has 0 atom stereocenters. The molecule has 7 rings (SSSR count). The van der Waals surface area contributed by atoms with Gasteiger partial charge in [-0.05, 0) is 120 Å². The van der Waals surface area contributed by atoms with Crippen molar-refractivity contribution in [3.05, 3.63) is 184 Å². The Balaban J connectivity index is 0.000000246. The first-order chi connectivity index (χ1) is 34.5. The van der Waals surface area contributed by atoms with E-state index in [-0.39, 0.29) is 35.4 Å². The summed E-state index contributed by atoms with van der Waals surface area (Å²) in [4.78, 5) is 12.5. The Kier molecular flexibility index (Phi) is 17.8. The van der Waals surface area contributed by atoms with Gasteiger partial charge >= 0.3 is 0 Å². The minimum absolute atomic E-state index is 0.00355. The lowest BCUT2D eigenvalue weighted by molar-refractivity contribution is 0.256. The van der Waals surface area contributed by atoms with Crippen molar-refractivity contribution in [3.8, 4) is 33.8 Å². The average Bonchev–Trinajstić information content (AvgIpc) is 3.35. The standard InChI is InChI=1S/C32H34N4O4S.C24H29N3O4S/c1-22-31(40-21-23-10-14-26(33-5)15-11-23)29(20-37)25(18-34-22)19-35-27-16-12-24(13-17-27)28-8-6-7-9-30(28)41(38,39)36-32(2,3)4;1-16-23(29)21(15-28)18(13-25-16)14-26-19-11-9-17(10-12-19)20-7-5-6-8-22(20)32(30,31)27-24(2,3)4/h6-18,35-37H,19-21H2,1-4H3;5-13,26-29H,14-15H2,1-4H3. The van der Waals surface area contributed by atoms with Crippen LogP contribution in [0.25, 0.3) is 27.1 Å². The van der Waals surface area contributed by atoms with E-state index < -0.39 is 31.1 Å². The van der Waals surface area contributed by atoms with E-state index in [4.69, 9.17) is 11.3 Å². The predicted molar refractivity (Wildman–Crippen MR) is 287 cm³/mol. The molecule has 0 amide bonds. The first kappa shape index (κ1) is 55.1. The van der Waals surface area contributed by atoms with Crippen LogP contribution in [0, 0.1) is 20.4 Å². The van der Waals surface area contributed by atoms with Crippen LogP contribution < -0.4 is 24.8 Å². The van der Waals surface area contributed by atoms with Crippen LogP contribution in [-0.2, 0) is 53.0 Å². The number of nitrogens with zero attached hydrogens (tertiary/aromatic N) is 3. The van der Waals surface area contributed by atoms with Gasteiger partial charge in [-0.2, -0.15) is 0 Å². The molecule has 7 aromatic rings. The highest BCUT2D eigenvalue weighted by Gasteiger charge is 2.26. The largest absolute Gasteiger partial charge is 0.506 e. The minimum atomic E-state index is -3.71. The van der Waals surface area contributed by atoms with Gasteiger partial charge < -0.3 is 30.7 Å². The highest BCUT2D eigenvalue weighted by molar-refractivity contribution is 7.90. The Labute approximate surface area is 429 Å². The summed E-state index contributed by atoms with van der Waals surface area (Å²) in [7, 11) is -7.40. The van der Waals surface area contributed by atoms with E-state index >= 15 is 0 Å². The Hall–Kier alpha value is -7.17. The summed E-state index contributed by atoms with van der Waals surface area (Å²) in [5.74, 6) is 0.543. The van der Waals surface area contributed by atoms with Crippen molar-refractivity contribution in [2.75, 3.05) is 10.6 Å². The number of rotatable bonds is 17. The van der Waals surface area contributed by atoms with Gasteiger partial charge in [0.15, 0.2) is 5.69 Å². The molecule has 0 radical (unpaired) electrons. The van der Waals surface area contributed by atoms with Crippen molar-refractivity contribution in [1.82, 2.24) is 19.4 Å². The molecule has 0 spiro atoms. The van der Waals surface area contributed by atoms with Gasteiger partial charge in [0.2, 0.25) is 20.0 Å². The normalized spacial score (nSPS) is 11.8. The van der Waals surface area contributed by atoms with E-state index in [9.17, 15) is 32.2 Å². The summed E-state index contributed by atoms with van der Waals surface area (Å²) in [5, 5.41) is 36.5. The third-order valence-electron chi connectivity index (χ3n) is 11.2. The number of aromatic nitrogens is 2. The summed E-state index contributed by atoms with van der Waals surface area (Å²) in [6, 6.07) is 36.0.